The number of nitrogens with zero attached hydrogens (tertiary/aromatic N) is 2. The van der Waals surface area contributed by atoms with Gasteiger partial charge in [-0.15, -0.1) is 0 Å². The first kappa shape index (κ1) is 26.9. The molecular weight excluding hydrogens is 439 g/mol. The van der Waals surface area contributed by atoms with E-state index in [0.29, 0.717) is 24.4 Å². The first-order valence-corrected chi connectivity index (χ1v) is 11.1. The lowest BCUT2D eigenvalue weighted by atomic mass is 10.0. The summed E-state index contributed by atoms with van der Waals surface area (Å²) in [5, 5.41) is 2.73. The summed E-state index contributed by atoms with van der Waals surface area (Å²) in [5.74, 6) is -0.303. The van der Waals surface area contributed by atoms with Gasteiger partial charge in [-0.25, -0.2) is 0 Å². The maximum Gasteiger partial charge on any atom is 0.390 e. The SMILES string of the molecule is CCC(=O)Nc1ccc2c(c1)C(=O)N(C)C[C@H](OC)[C@@H](C)CN(CCC(F)(F)F)[C@H](C)CO2. The summed E-state index contributed by atoms with van der Waals surface area (Å²) in [6.07, 6.45) is -5.25. The molecule has 0 aliphatic carbocycles. The highest BCUT2D eigenvalue weighted by molar-refractivity contribution is 5.99. The molecule has 0 saturated heterocycles. The number of hydrogen-bond acceptors (Lipinski definition) is 5. The molecule has 0 fully saturated rings. The van der Waals surface area contributed by atoms with Crippen LogP contribution in [0, 0.1) is 5.92 Å². The minimum atomic E-state index is -4.26. The summed E-state index contributed by atoms with van der Waals surface area (Å²) in [6, 6.07) is 4.47. The lowest BCUT2D eigenvalue weighted by Gasteiger charge is -2.36. The van der Waals surface area contributed by atoms with Gasteiger partial charge in [-0.05, 0) is 31.0 Å². The third kappa shape index (κ3) is 7.89. The molecule has 0 unspecified atom stereocenters. The van der Waals surface area contributed by atoms with Crippen molar-refractivity contribution >= 4 is 17.5 Å². The molecule has 0 bridgehead atoms. The van der Waals surface area contributed by atoms with Crippen LogP contribution in [0.3, 0.4) is 0 Å². The van der Waals surface area contributed by atoms with Gasteiger partial charge in [-0.2, -0.15) is 13.2 Å². The highest BCUT2D eigenvalue weighted by Crippen LogP contribution is 2.27. The van der Waals surface area contributed by atoms with Crippen LogP contribution in [-0.4, -0.2) is 80.3 Å². The summed E-state index contributed by atoms with van der Waals surface area (Å²) in [4.78, 5) is 28.3. The van der Waals surface area contributed by atoms with Gasteiger partial charge < -0.3 is 19.7 Å². The van der Waals surface area contributed by atoms with Gasteiger partial charge in [0.25, 0.3) is 5.91 Å². The standard InChI is InChI=1S/C23H34F3N3O4/c1-6-21(30)27-17-7-8-19-18(11-17)22(31)28(4)13-20(32-5)15(2)12-29(16(3)14-33-19)10-9-23(24,25)26/h7-8,11,15-16,20H,6,9-10,12-14H2,1-5H3,(H,27,30)/t15-,16+,20-/m0/s1. The van der Waals surface area contributed by atoms with Crippen molar-refractivity contribution in [2.75, 3.05) is 45.7 Å². The van der Waals surface area contributed by atoms with Crippen molar-refractivity contribution in [3.63, 3.8) is 0 Å². The molecule has 186 valence electrons. The van der Waals surface area contributed by atoms with Gasteiger partial charge in [0.15, 0.2) is 0 Å². The third-order valence-corrected chi connectivity index (χ3v) is 5.86. The molecule has 1 aliphatic heterocycles. The lowest BCUT2D eigenvalue weighted by molar-refractivity contribution is -0.140. The average molecular weight is 474 g/mol. The number of amides is 2. The summed E-state index contributed by atoms with van der Waals surface area (Å²) in [6.45, 7) is 6.01. The predicted octanol–water partition coefficient (Wildman–Crippen LogP) is 3.79. The largest absolute Gasteiger partial charge is 0.491 e. The summed E-state index contributed by atoms with van der Waals surface area (Å²) in [5.41, 5.74) is 0.734. The van der Waals surface area contributed by atoms with E-state index in [-0.39, 0.29) is 55.1 Å². The molecule has 1 N–H and O–H groups in total. The van der Waals surface area contributed by atoms with Crippen LogP contribution in [0.15, 0.2) is 18.2 Å². The van der Waals surface area contributed by atoms with E-state index in [2.05, 4.69) is 5.32 Å². The van der Waals surface area contributed by atoms with Crippen molar-refractivity contribution in [2.45, 2.75) is 51.9 Å². The number of hydrogen-bond donors (Lipinski definition) is 1. The van der Waals surface area contributed by atoms with E-state index >= 15 is 0 Å². The van der Waals surface area contributed by atoms with Crippen molar-refractivity contribution in [3.05, 3.63) is 23.8 Å². The number of carbonyl (C=O) groups is 2. The predicted molar refractivity (Wildman–Crippen MR) is 119 cm³/mol. The van der Waals surface area contributed by atoms with Gasteiger partial charge in [0.05, 0.1) is 18.1 Å². The number of nitrogens with one attached hydrogen (secondary N) is 1. The number of halogens is 3. The molecule has 33 heavy (non-hydrogen) atoms. The number of anilines is 1. The molecule has 0 radical (unpaired) electrons. The number of carbonyl (C=O) groups excluding carboxylic acids is 2. The van der Waals surface area contributed by atoms with Gasteiger partial charge >= 0.3 is 6.18 Å². The van der Waals surface area contributed by atoms with Crippen LogP contribution in [0.1, 0.15) is 44.0 Å². The van der Waals surface area contributed by atoms with Crippen LogP contribution in [-0.2, 0) is 9.53 Å². The number of ether oxygens (including phenoxy) is 2. The van der Waals surface area contributed by atoms with Gasteiger partial charge in [0, 0.05) is 51.9 Å². The van der Waals surface area contributed by atoms with Crippen LogP contribution in [0.5, 0.6) is 5.75 Å². The van der Waals surface area contributed by atoms with Crippen molar-refractivity contribution < 1.29 is 32.2 Å². The second-order valence-corrected chi connectivity index (χ2v) is 8.57. The first-order valence-electron chi connectivity index (χ1n) is 11.1. The van der Waals surface area contributed by atoms with E-state index in [9.17, 15) is 22.8 Å². The molecule has 3 atom stereocenters. The first-order chi connectivity index (χ1) is 15.4. The number of rotatable bonds is 5. The molecule has 0 saturated carbocycles. The van der Waals surface area contributed by atoms with E-state index in [1.54, 1.807) is 44.0 Å². The smallest absolute Gasteiger partial charge is 0.390 e. The maximum atomic E-state index is 13.2. The average Bonchev–Trinajstić information content (AvgIpc) is 2.76. The Bertz CT molecular complexity index is 819. The van der Waals surface area contributed by atoms with E-state index in [0.717, 1.165) is 0 Å². The molecule has 2 rings (SSSR count). The van der Waals surface area contributed by atoms with Gasteiger partial charge in [0.1, 0.15) is 12.4 Å². The van der Waals surface area contributed by atoms with Crippen molar-refractivity contribution in [3.8, 4) is 5.75 Å². The Labute approximate surface area is 193 Å². The molecule has 1 aromatic rings. The number of benzene rings is 1. The molecule has 0 spiro atoms. The Morgan fingerprint density at radius 3 is 2.58 bits per heavy atom. The van der Waals surface area contributed by atoms with E-state index in [4.69, 9.17) is 9.47 Å². The number of fused-ring (bicyclic) bond motifs is 1. The monoisotopic (exact) mass is 473 g/mol. The molecule has 1 aliphatic rings. The van der Waals surface area contributed by atoms with Gasteiger partial charge in [-0.3, -0.25) is 14.5 Å². The fourth-order valence-corrected chi connectivity index (χ4v) is 3.76. The number of likely N-dealkylation sites (N-methyl/N-ethyl adjacent to an activating group) is 1. The van der Waals surface area contributed by atoms with Crippen LogP contribution in [0.25, 0.3) is 0 Å². The minimum absolute atomic E-state index is 0.104. The molecule has 1 heterocycles. The van der Waals surface area contributed by atoms with Crippen LogP contribution in [0.2, 0.25) is 0 Å². The Balaban J connectivity index is 2.39. The fraction of sp³-hybridized carbons (Fsp3) is 0.652. The number of methoxy groups -OCH3 is 1. The quantitative estimate of drug-likeness (QED) is 0.705. The second kappa shape index (κ2) is 11.7. The lowest BCUT2D eigenvalue weighted by Crippen LogP contribution is -2.47. The molecule has 2 amide bonds. The summed E-state index contributed by atoms with van der Waals surface area (Å²) in [7, 11) is 3.17. The minimum Gasteiger partial charge on any atom is -0.491 e. The van der Waals surface area contributed by atoms with Crippen LogP contribution in [0.4, 0.5) is 18.9 Å². The zero-order valence-corrected chi connectivity index (χ0v) is 19.9. The van der Waals surface area contributed by atoms with Crippen molar-refractivity contribution in [2.24, 2.45) is 5.92 Å². The fourth-order valence-electron chi connectivity index (χ4n) is 3.76. The van der Waals surface area contributed by atoms with E-state index in [1.165, 1.54) is 12.0 Å². The molecule has 7 nitrogen and oxygen atoms in total. The zero-order valence-electron chi connectivity index (χ0n) is 19.9. The molecule has 0 aromatic heterocycles. The highest BCUT2D eigenvalue weighted by Gasteiger charge is 2.32. The Morgan fingerprint density at radius 1 is 1.27 bits per heavy atom. The van der Waals surface area contributed by atoms with E-state index < -0.39 is 12.6 Å². The molecule has 1 aromatic carbocycles. The highest BCUT2D eigenvalue weighted by atomic mass is 19.4. The normalized spacial score (nSPS) is 23.2. The number of alkyl halides is 3. The maximum absolute atomic E-state index is 13.2. The third-order valence-electron chi connectivity index (χ3n) is 5.86. The Hall–Kier alpha value is -2.33. The Morgan fingerprint density at radius 2 is 1.97 bits per heavy atom. The van der Waals surface area contributed by atoms with Gasteiger partial charge in [-0.1, -0.05) is 13.8 Å². The summed E-state index contributed by atoms with van der Waals surface area (Å²) < 4.78 is 50.3. The Kier molecular flexibility index (Phi) is 9.54. The zero-order chi connectivity index (χ0) is 24.8. The molecule has 10 heteroatoms. The van der Waals surface area contributed by atoms with Crippen LogP contribution < -0.4 is 10.1 Å². The summed E-state index contributed by atoms with van der Waals surface area (Å²) >= 11 is 0. The van der Waals surface area contributed by atoms with E-state index in [1.807, 2.05) is 6.92 Å². The van der Waals surface area contributed by atoms with Crippen molar-refractivity contribution in [1.82, 2.24) is 9.80 Å². The van der Waals surface area contributed by atoms with Crippen molar-refractivity contribution in [1.29, 1.82) is 0 Å². The second-order valence-electron chi connectivity index (χ2n) is 8.57. The van der Waals surface area contributed by atoms with Gasteiger partial charge in [0.2, 0.25) is 5.91 Å². The topological polar surface area (TPSA) is 71.1 Å². The van der Waals surface area contributed by atoms with Crippen LogP contribution >= 0.6 is 0 Å². The molecular formula is C23H34F3N3O4.